The van der Waals surface area contributed by atoms with Gasteiger partial charge in [0, 0.05) is 22.8 Å². The van der Waals surface area contributed by atoms with Crippen LogP contribution in [0.15, 0.2) is 102 Å². The van der Waals surface area contributed by atoms with Gasteiger partial charge in [-0.05, 0) is 78.2 Å². The number of amides is 2. The third-order valence-electron chi connectivity index (χ3n) is 6.50. The minimum absolute atomic E-state index is 0.0614. The number of sulfonamides is 1. The van der Waals surface area contributed by atoms with Gasteiger partial charge < -0.3 is 10.2 Å². The molecule has 1 aliphatic rings. The molecule has 2 N–H and O–H groups in total. The van der Waals surface area contributed by atoms with Crippen LogP contribution in [0.2, 0.25) is 5.02 Å². The Morgan fingerprint density at radius 2 is 1.62 bits per heavy atom. The first-order valence-electron chi connectivity index (χ1n) is 12.4. The topological polar surface area (TPSA) is 95.6 Å². The number of carbonyl (C=O) groups is 2. The summed E-state index contributed by atoms with van der Waals surface area (Å²) in [6.45, 7) is 2.30. The zero-order chi connectivity index (χ0) is 28.3. The molecular formula is C30H26ClN3O4S2. The van der Waals surface area contributed by atoms with E-state index in [2.05, 4.69) is 10.0 Å². The fourth-order valence-electron chi connectivity index (χ4n) is 4.30. The Morgan fingerprint density at radius 1 is 0.950 bits per heavy atom. The smallest absolute Gasteiger partial charge is 0.261 e. The number of halogens is 1. The van der Waals surface area contributed by atoms with E-state index >= 15 is 0 Å². The number of hydrogen-bond donors (Lipinski definition) is 2. The largest absolute Gasteiger partial charge is 0.322 e. The number of aryl methyl sites for hydroxylation is 1. The van der Waals surface area contributed by atoms with Crippen LogP contribution in [0.25, 0.3) is 0 Å². The fraction of sp³-hybridized carbons (Fsp3) is 0.133. The molecule has 0 bridgehead atoms. The second kappa shape index (κ2) is 11.8. The minimum Gasteiger partial charge on any atom is -0.322 e. The molecule has 204 valence electrons. The molecule has 0 aliphatic carbocycles. The SMILES string of the molecule is Cc1ccccc1NS(=O)(=O)c1ccc(NC(=O)c2ccc([C@@H]3SCC(=O)N3Cc3ccc(Cl)cc3)cc2)cc1. The van der Waals surface area contributed by atoms with Gasteiger partial charge in [0.15, 0.2) is 0 Å². The molecule has 4 aromatic rings. The average molecular weight is 592 g/mol. The third kappa shape index (κ3) is 6.33. The average Bonchev–Trinajstić information content (AvgIpc) is 3.31. The lowest BCUT2D eigenvalue weighted by Gasteiger charge is -2.24. The van der Waals surface area contributed by atoms with Crippen LogP contribution in [-0.4, -0.2) is 30.9 Å². The number of thioether (sulfide) groups is 1. The zero-order valence-corrected chi connectivity index (χ0v) is 23.9. The van der Waals surface area contributed by atoms with E-state index in [0.29, 0.717) is 34.3 Å². The van der Waals surface area contributed by atoms with Crippen LogP contribution >= 0.6 is 23.4 Å². The number of nitrogens with zero attached hydrogens (tertiary/aromatic N) is 1. The number of carbonyl (C=O) groups excluding carboxylic acids is 2. The molecule has 1 aliphatic heterocycles. The zero-order valence-electron chi connectivity index (χ0n) is 21.5. The first-order chi connectivity index (χ1) is 19.2. The molecule has 40 heavy (non-hydrogen) atoms. The first kappa shape index (κ1) is 27.8. The molecule has 5 rings (SSSR count). The number of para-hydroxylation sites is 1. The maximum Gasteiger partial charge on any atom is 0.261 e. The number of hydrogen-bond acceptors (Lipinski definition) is 5. The molecule has 10 heteroatoms. The van der Waals surface area contributed by atoms with E-state index in [0.717, 1.165) is 16.7 Å². The molecule has 0 radical (unpaired) electrons. The van der Waals surface area contributed by atoms with Crippen LogP contribution in [-0.2, 0) is 21.4 Å². The highest BCUT2D eigenvalue weighted by molar-refractivity contribution is 8.00. The molecule has 0 unspecified atom stereocenters. The third-order valence-corrected chi connectivity index (χ3v) is 9.39. The summed E-state index contributed by atoms with van der Waals surface area (Å²) in [5, 5.41) is 3.30. The standard InChI is InChI=1S/C30H26ClN3O4S2/c1-20-4-2-3-5-27(20)33-40(37,38)26-16-14-25(15-17-26)32-29(36)22-8-10-23(11-9-22)30-34(28(35)19-39-30)18-21-6-12-24(31)13-7-21/h2-17,30,33H,18-19H2,1H3,(H,32,36)/t30-/m0/s1. The highest BCUT2D eigenvalue weighted by Crippen LogP contribution is 2.39. The van der Waals surface area contributed by atoms with Crippen molar-refractivity contribution in [3.63, 3.8) is 0 Å². The van der Waals surface area contributed by atoms with Gasteiger partial charge in [-0.2, -0.15) is 0 Å². The van der Waals surface area contributed by atoms with Crippen LogP contribution in [0.4, 0.5) is 11.4 Å². The van der Waals surface area contributed by atoms with Crippen molar-refractivity contribution in [3.05, 3.63) is 124 Å². The van der Waals surface area contributed by atoms with Crippen molar-refractivity contribution in [1.82, 2.24) is 4.90 Å². The normalized spacial score (nSPS) is 15.2. The number of anilines is 2. The van der Waals surface area contributed by atoms with Crippen LogP contribution in [0, 0.1) is 6.92 Å². The molecule has 0 aromatic heterocycles. The van der Waals surface area contributed by atoms with E-state index in [-0.39, 0.29) is 22.1 Å². The van der Waals surface area contributed by atoms with Crippen LogP contribution in [0.1, 0.15) is 32.4 Å². The van der Waals surface area contributed by atoms with Gasteiger partial charge in [-0.1, -0.05) is 54.1 Å². The lowest BCUT2D eigenvalue weighted by atomic mass is 10.1. The number of benzene rings is 4. The Balaban J connectivity index is 1.23. The van der Waals surface area contributed by atoms with E-state index in [1.165, 1.54) is 12.1 Å². The van der Waals surface area contributed by atoms with Crippen molar-refractivity contribution in [2.24, 2.45) is 0 Å². The van der Waals surface area contributed by atoms with E-state index in [9.17, 15) is 18.0 Å². The van der Waals surface area contributed by atoms with Crippen molar-refractivity contribution < 1.29 is 18.0 Å². The Hall–Kier alpha value is -3.79. The predicted molar refractivity (Wildman–Crippen MR) is 160 cm³/mol. The van der Waals surface area contributed by atoms with Crippen LogP contribution in [0.5, 0.6) is 0 Å². The van der Waals surface area contributed by atoms with Gasteiger partial charge in [-0.3, -0.25) is 14.3 Å². The second-order valence-electron chi connectivity index (χ2n) is 9.33. The quantitative estimate of drug-likeness (QED) is 0.245. The van der Waals surface area contributed by atoms with Gasteiger partial charge in [0.05, 0.1) is 16.3 Å². The van der Waals surface area contributed by atoms with Gasteiger partial charge >= 0.3 is 0 Å². The first-order valence-corrected chi connectivity index (χ1v) is 15.4. The monoisotopic (exact) mass is 591 g/mol. The molecule has 1 atom stereocenters. The Morgan fingerprint density at radius 3 is 2.30 bits per heavy atom. The van der Waals surface area contributed by atoms with Crippen molar-refractivity contribution in [3.8, 4) is 0 Å². The summed E-state index contributed by atoms with van der Waals surface area (Å²) >= 11 is 7.54. The van der Waals surface area contributed by atoms with E-state index in [4.69, 9.17) is 11.6 Å². The highest BCUT2D eigenvalue weighted by atomic mass is 35.5. The van der Waals surface area contributed by atoms with Crippen molar-refractivity contribution in [2.75, 3.05) is 15.8 Å². The Labute approximate surface area is 242 Å². The maximum atomic E-state index is 12.9. The summed E-state index contributed by atoms with van der Waals surface area (Å²) in [5.41, 5.74) is 4.16. The molecule has 1 saturated heterocycles. The summed E-state index contributed by atoms with van der Waals surface area (Å²) < 4.78 is 28.1. The van der Waals surface area contributed by atoms with Gasteiger partial charge in [-0.25, -0.2) is 8.42 Å². The van der Waals surface area contributed by atoms with E-state index < -0.39 is 10.0 Å². The molecule has 1 fully saturated rings. The fourth-order valence-corrected chi connectivity index (χ4v) is 6.74. The molecule has 4 aromatic carbocycles. The van der Waals surface area contributed by atoms with Gasteiger partial charge in [0.1, 0.15) is 5.37 Å². The maximum absolute atomic E-state index is 12.9. The Bertz CT molecular complexity index is 1640. The lowest BCUT2D eigenvalue weighted by molar-refractivity contribution is -0.128. The van der Waals surface area contributed by atoms with Crippen molar-refractivity contribution in [2.45, 2.75) is 23.7 Å². The Kier molecular flexibility index (Phi) is 8.16. The van der Waals surface area contributed by atoms with Gasteiger partial charge in [0.2, 0.25) is 5.91 Å². The van der Waals surface area contributed by atoms with Crippen LogP contribution < -0.4 is 10.0 Å². The number of rotatable bonds is 8. The van der Waals surface area contributed by atoms with Gasteiger partial charge in [-0.15, -0.1) is 11.8 Å². The van der Waals surface area contributed by atoms with E-state index in [1.54, 1.807) is 48.2 Å². The summed E-state index contributed by atoms with van der Waals surface area (Å²) in [6.07, 6.45) is 0. The predicted octanol–water partition coefficient (Wildman–Crippen LogP) is 6.48. The minimum atomic E-state index is -3.78. The van der Waals surface area contributed by atoms with E-state index in [1.807, 2.05) is 60.4 Å². The summed E-state index contributed by atoms with van der Waals surface area (Å²) in [5.74, 6) is 0.131. The number of nitrogens with one attached hydrogen (secondary N) is 2. The van der Waals surface area contributed by atoms with Crippen molar-refractivity contribution >= 4 is 56.6 Å². The van der Waals surface area contributed by atoms with Gasteiger partial charge in [0.25, 0.3) is 15.9 Å². The van der Waals surface area contributed by atoms with Crippen molar-refractivity contribution in [1.29, 1.82) is 0 Å². The summed E-state index contributed by atoms with van der Waals surface area (Å²) in [6, 6.07) is 27.7. The summed E-state index contributed by atoms with van der Waals surface area (Å²) in [4.78, 5) is 27.4. The molecule has 0 saturated carbocycles. The highest BCUT2D eigenvalue weighted by Gasteiger charge is 2.32. The summed E-state index contributed by atoms with van der Waals surface area (Å²) in [7, 11) is -3.78. The molecule has 2 amide bonds. The molecule has 1 heterocycles. The second-order valence-corrected chi connectivity index (χ2v) is 12.5. The molecular weight excluding hydrogens is 566 g/mol. The molecule has 0 spiro atoms. The van der Waals surface area contributed by atoms with Crippen LogP contribution in [0.3, 0.4) is 0 Å². The lowest BCUT2D eigenvalue weighted by Crippen LogP contribution is -2.27. The molecule has 7 nitrogen and oxygen atoms in total.